The van der Waals surface area contributed by atoms with E-state index in [0.717, 1.165) is 0 Å². The average Bonchev–Trinajstić information content (AvgIpc) is 2.70. The first-order chi connectivity index (χ1) is 8.16. The quantitative estimate of drug-likeness (QED) is 0.912. The Balaban J connectivity index is 1.92. The van der Waals surface area contributed by atoms with Gasteiger partial charge in [-0.1, -0.05) is 28.9 Å². The van der Waals surface area contributed by atoms with Crippen molar-refractivity contribution in [2.24, 2.45) is 0 Å². The van der Waals surface area contributed by atoms with E-state index < -0.39 is 5.82 Å². The number of nitrogens with zero attached hydrogens (tertiary/aromatic N) is 2. The number of aryl methyl sites for hydroxylation is 1. The molecule has 0 aliphatic rings. The molecule has 1 aromatic carbocycles. The molecule has 0 aliphatic heterocycles. The minimum Gasteiger partial charge on any atom is -0.340 e. The molecule has 2 rings (SSSR count). The summed E-state index contributed by atoms with van der Waals surface area (Å²) in [7, 11) is 0. The van der Waals surface area contributed by atoms with Crippen LogP contribution in [0.5, 0.6) is 0 Å². The standard InChI is InChI=1S/C11H11ClFN3O/c1-7-15-10(16-17-7)6-14-5-8-3-2-4-9(12)11(8)13/h2-4,14H,5-6H2,1H3. The van der Waals surface area contributed by atoms with Gasteiger partial charge in [-0.3, -0.25) is 0 Å². The van der Waals surface area contributed by atoms with Crippen LogP contribution >= 0.6 is 11.6 Å². The first kappa shape index (κ1) is 12.0. The van der Waals surface area contributed by atoms with Gasteiger partial charge in [-0.25, -0.2) is 4.39 Å². The van der Waals surface area contributed by atoms with Gasteiger partial charge in [0.15, 0.2) is 5.82 Å². The van der Waals surface area contributed by atoms with Crippen LogP contribution in [-0.4, -0.2) is 10.1 Å². The third-order valence-corrected chi connectivity index (χ3v) is 2.49. The molecular weight excluding hydrogens is 245 g/mol. The zero-order valence-corrected chi connectivity index (χ0v) is 9.96. The Morgan fingerprint density at radius 1 is 1.41 bits per heavy atom. The first-order valence-corrected chi connectivity index (χ1v) is 5.47. The average molecular weight is 256 g/mol. The van der Waals surface area contributed by atoms with Crippen LogP contribution < -0.4 is 5.32 Å². The molecule has 4 nitrogen and oxygen atoms in total. The largest absolute Gasteiger partial charge is 0.340 e. The summed E-state index contributed by atoms with van der Waals surface area (Å²) in [6.07, 6.45) is 0. The lowest BCUT2D eigenvalue weighted by molar-refractivity contribution is 0.385. The van der Waals surface area contributed by atoms with E-state index in [1.54, 1.807) is 19.1 Å². The van der Waals surface area contributed by atoms with Crippen molar-refractivity contribution in [3.05, 3.63) is 46.3 Å². The molecule has 1 heterocycles. The van der Waals surface area contributed by atoms with Crippen molar-refractivity contribution in [1.82, 2.24) is 15.5 Å². The topological polar surface area (TPSA) is 51.0 Å². The maximum absolute atomic E-state index is 13.5. The second-order valence-electron chi connectivity index (χ2n) is 3.55. The molecule has 0 spiro atoms. The minimum atomic E-state index is -0.397. The Labute approximate surface area is 103 Å². The SMILES string of the molecule is Cc1nc(CNCc2cccc(Cl)c2F)no1. The Bertz CT molecular complexity index is 515. The number of halogens is 2. The molecule has 0 fully saturated rings. The Kier molecular flexibility index (Phi) is 3.71. The van der Waals surface area contributed by atoms with Crippen LogP contribution in [0.1, 0.15) is 17.3 Å². The molecule has 6 heteroatoms. The van der Waals surface area contributed by atoms with E-state index in [-0.39, 0.29) is 5.02 Å². The van der Waals surface area contributed by atoms with Gasteiger partial charge in [0, 0.05) is 19.0 Å². The molecule has 0 radical (unpaired) electrons. The van der Waals surface area contributed by atoms with Gasteiger partial charge < -0.3 is 9.84 Å². The fourth-order valence-electron chi connectivity index (χ4n) is 1.41. The molecule has 0 unspecified atom stereocenters. The van der Waals surface area contributed by atoms with E-state index in [9.17, 15) is 4.39 Å². The maximum atomic E-state index is 13.5. The number of hydrogen-bond donors (Lipinski definition) is 1. The Morgan fingerprint density at radius 2 is 2.24 bits per heavy atom. The highest BCUT2D eigenvalue weighted by Gasteiger charge is 2.06. The number of aromatic nitrogens is 2. The highest BCUT2D eigenvalue weighted by Crippen LogP contribution is 2.17. The van der Waals surface area contributed by atoms with Crippen LogP contribution in [0.2, 0.25) is 5.02 Å². The van der Waals surface area contributed by atoms with Crippen molar-refractivity contribution < 1.29 is 8.91 Å². The lowest BCUT2D eigenvalue weighted by atomic mass is 10.2. The van der Waals surface area contributed by atoms with E-state index in [1.807, 2.05) is 0 Å². The van der Waals surface area contributed by atoms with Gasteiger partial charge >= 0.3 is 0 Å². The molecule has 1 aromatic heterocycles. The smallest absolute Gasteiger partial charge is 0.223 e. The van der Waals surface area contributed by atoms with Crippen LogP contribution in [-0.2, 0) is 13.1 Å². The summed E-state index contributed by atoms with van der Waals surface area (Å²) >= 11 is 5.67. The Hall–Kier alpha value is -1.46. The summed E-state index contributed by atoms with van der Waals surface area (Å²) < 4.78 is 18.3. The van der Waals surface area contributed by atoms with Crippen molar-refractivity contribution >= 4 is 11.6 Å². The van der Waals surface area contributed by atoms with Crippen molar-refractivity contribution in [2.45, 2.75) is 20.0 Å². The predicted molar refractivity (Wildman–Crippen MR) is 61.0 cm³/mol. The number of nitrogens with one attached hydrogen (secondary N) is 1. The third-order valence-electron chi connectivity index (χ3n) is 2.20. The Morgan fingerprint density at radius 3 is 2.94 bits per heavy atom. The minimum absolute atomic E-state index is 0.125. The number of hydrogen-bond acceptors (Lipinski definition) is 4. The van der Waals surface area contributed by atoms with Crippen LogP contribution in [0, 0.1) is 12.7 Å². The van der Waals surface area contributed by atoms with Crippen LogP contribution in [0.4, 0.5) is 4.39 Å². The van der Waals surface area contributed by atoms with Gasteiger partial charge in [0.25, 0.3) is 0 Å². The number of rotatable bonds is 4. The second kappa shape index (κ2) is 5.25. The first-order valence-electron chi connectivity index (χ1n) is 5.09. The van der Waals surface area contributed by atoms with Gasteiger partial charge in [-0.15, -0.1) is 0 Å². The van der Waals surface area contributed by atoms with Crippen LogP contribution in [0.3, 0.4) is 0 Å². The lowest BCUT2D eigenvalue weighted by Crippen LogP contribution is -2.14. The van der Waals surface area contributed by atoms with E-state index in [2.05, 4.69) is 15.5 Å². The van der Waals surface area contributed by atoms with Gasteiger partial charge in [0.2, 0.25) is 5.89 Å². The summed E-state index contributed by atoms with van der Waals surface area (Å²) in [5, 5.41) is 6.86. The van der Waals surface area contributed by atoms with Gasteiger partial charge in [0.1, 0.15) is 5.82 Å². The summed E-state index contributed by atoms with van der Waals surface area (Å²) in [6, 6.07) is 4.90. The molecule has 0 amide bonds. The summed E-state index contributed by atoms with van der Waals surface area (Å²) in [5.41, 5.74) is 0.512. The molecule has 17 heavy (non-hydrogen) atoms. The van der Waals surface area contributed by atoms with Crippen molar-refractivity contribution in [3.8, 4) is 0 Å². The van der Waals surface area contributed by atoms with Gasteiger partial charge in [-0.05, 0) is 6.07 Å². The molecule has 2 aromatic rings. The molecule has 0 aliphatic carbocycles. The zero-order chi connectivity index (χ0) is 12.3. The summed E-state index contributed by atoms with van der Waals surface area (Å²) in [4.78, 5) is 4.02. The highest BCUT2D eigenvalue weighted by molar-refractivity contribution is 6.30. The summed E-state index contributed by atoms with van der Waals surface area (Å²) in [6.45, 7) is 2.50. The fraction of sp³-hybridized carbons (Fsp3) is 0.273. The number of benzene rings is 1. The monoisotopic (exact) mass is 255 g/mol. The molecule has 0 atom stereocenters. The predicted octanol–water partition coefficient (Wildman–Crippen LogP) is 2.46. The second-order valence-corrected chi connectivity index (χ2v) is 3.95. The van der Waals surface area contributed by atoms with E-state index in [0.29, 0.717) is 30.4 Å². The van der Waals surface area contributed by atoms with Crippen LogP contribution in [0.25, 0.3) is 0 Å². The van der Waals surface area contributed by atoms with Gasteiger partial charge in [0.05, 0.1) is 11.6 Å². The van der Waals surface area contributed by atoms with Gasteiger partial charge in [-0.2, -0.15) is 4.98 Å². The normalized spacial score (nSPS) is 10.8. The van der Waals surface area contributed by atoms with Crippen molar-refractivity contribution in [3.63, 3.8) is 0 Å². The maximum Gasteiger partial charge on any atom is 0.223 e. The molecule has 0 saturated heterocycles. The molecular formula is C11H11ClFN3O. The van der Waals surface area contributed by atoms with E-state index >= 15 is 0 Å². The van der Waals surface area contributed by atoms with Crippen molar-refractivity contribution in [1.29, 1.82) is 0 Å². The summed E-state index contributed by atoms with van der Waals surface area (Å²) in [5.74, 6) is 0.659. The molecule has 90 valence electrons. The lowest BCUT2D eigenvalue weighted by Gasteiger charge is -2.04. The van der Waals surface area contributed by atoms with Crippen LogP contribution in [0.15, 0.2) is 22.7 Å². The molecule has 0 bridgehead atoms. The molecule has 1 N–H and O–H groups in total. The molecule has 0 saturated carbocycles. The van der Waals surface area contributed by atoms with Crippen molar-refractivity contribution in [2.75, 3.05) is 0 Å². The highest BCUT2D eigenvalue weighted by atomic mass is 35.5. The third kappa shape index (κ3) is 3.01. The van der Waals surface area contributed by atoms with E-state index in [4.69, 9.17) is 16.1 Å². The fourth-order valence-corrected chi connectivity index (χ4v) is 1.60. The zero-order valence-electron chi connectivity index (χ0n) is 9.20. The van der Waals surface area contributed by atoms with E-state index in [1.165, 1.54) is 6.07 Å².